The Bertz CT molecular complexity index is 935. The Morgan fingerprint density at radius 1 is 1.22 bits per heavy atom. The monoisotopic (exact) mass is 447 g/mol. The average Bonchev–Trinajstić information content (AvgIpc) is 2.78. The molecule has 1 aliphatic heterocycles. The van der Waals surface area contributed by atoms with Crippen molar-refractivity contribution in [3.05, 3.63) is 36.0 Å². The largest absolute Gasteiger partial charge is 0.393 e. The summed E-state index contributed by atoms with van der Waals surface area (Å²) in [6.45, 7) is 8.33. The Hall–Kier alpha value is -2.37. The van der Waals surface area contributed by atoms with Gasteiger partial charge in [-0.3, -0.25) is 15.2 Å². The van der Waals surface area contributed by atoms with Crippen LogP contribution in [0, 0.1) is 17.2 Å². The van der Waals surface area contributed by atoms with Crippen molar-refractivity contribution in [2.24, 2.45) is 5.92 Å². The van der Waals surface area contributed by atoms with Gasteiger partial charge in [0.25, 0.3) is 0 Å². The summed E-state index contributed by atoms with van der Waals surface area (Å²) in [5, 5.41) is 13.7. The van der Waals surface area contributed by atoms with E-state index in [4.69, 9.17) is 0 Å². The van der Waals surface area contributed by atoms with Gasteiger partial charge in [0.1, 0.15) is 6.07 Å². The van der Waals surface area contributed by atoms with E-state index in [2.05, 4.69) is 42.0 Å². The number of hydrogen-bond acceptors (Lipinski definition) is 5. The molecule has 0 spiro atoms. The normalized spacial score (nSPS) is 20.5. The van der Waals surface area contributed by atoms with Crippen LogP contribution in [0.1, 0.15) is 45.6 Å². The number of piperidine rings is 1. The number of nitrogens with one attached hydrogen (secondary N) is 1. The summed E-state index contributed by atoms with van der Waals surface area (Å²) in [6, 6.07) is 8.82. The fourth-order valence-corrected chi connectivity index (χ4v) is 4.76. The number of hydrogen-bond donors (Lipinski definition) is 1. The zero-order valence-electron chi connectivity index (χ0n) is 19.0. The lowest BCUT2D eigenvalue weighted by atomic mass is 9.92. The minimum Gasteiger partial charge on any atom is -0.369 e. The molecule has 0 saturated carbocycles. The Morgan fingerprint density at radius 2 is 1.97 bits per heavy atom. The summed E-state index contributed by atoms with van der Waals surface area (Å²) in [5.74, 6) is -1.42. The first-order valence-corrected chi connectivity index (χ1v) is 11.4. The number of nitriles is 1. The summed E-state index contributed by atoms with van der Waals surface area (Å²) in [4.78, 5) is 8.40. The molecule has 2 heterocycles. The third kappa shape index (κ3) is 5.33. The third-order valence-electron chi connectivity index (χ3n) is 6.36. The molecule has 1 N–H and O–H groups in total. The highest BCUT2D eigenvalue weighted by Gasteiger charge is 2.45. The maximum absolute atomic E-state index is 13.9. The second-order valence-corrected chi connectivity index (χ2v) is 8.41. The van der Waals surface area contributed by atoms with Crippen LogP contribution in [0.15, 0.2) is 30.5 Å². The van der Waals surface area contributed by atoms with Crippen molar-refractivity contribution >= 4 is 16.6 Å². The maximum Gasteiger partial charge on any atom is 0.393 e. The maximum atomic E-state index is 13.9. The van der Waals surface area contributed by atoms with Crippen molar-refractivity contribution in [2.45, 2.75) is 58.4 Å². The summed E-state index contributed by atoms with van der Waals surface area (Å²) < 4.78 is 41.7. The van der Waals surface area contributed by atoms with Gasteiger partial charge >= 0.3 is 6.18 Å². The second kappa shape index (κ2) is 10.5. The molecule has 1 aromatic heterocycles. The molecule has 1 fully saturated rings. The molecule has 0 bridgehead atoms. The summed E-state index contributed by atoms with van der Waals surface area (Å²) in [5.41, 5.74) is 1.65. The van der Waals surface area contributed by atoms with Crippen LogP contribution >= 0.6 is 0 Å². The van der Waals surface area contributed by atoms with Crippen LogP contribution in [0.2, 0.25) is 0 Å². The van der Waals surface area contributed by atoms with E-state index in [9.17, 15) is 18.4 Å². The van der Waals surface area contributed by atoms with E-state index in [-0.39, 0.29) is 25.2 Å². The van der Waals surface area contributed by atoms with Crippen molar-refractivity contribution in [1.29, 1.82) is 5.26 Å². The molecule has 32 heavy (non-hydrogen) atoms. The molecular weight excluding hydrogens is 415 g/mol. The Kier molecular flexibility index (Phi) is 7.96. The molecule has 2 aromatic rings. The molecule has 1 aromatic carbocycles. The molecule has 0 amide bonds. The van der Waals surface area contributed by atoms with E-state index >= 15 is 0 Å². The Labute approximate surface area is 188 Å². The standard InChI is InChI=1S/C24H32F3N5/c1-4-8-22(31(5-2)6-3)30-19-13-18(24(25,26)27)15-32(16-19)21-11-10-17(14-28)23-20(21)9-7-12-29-23/h7,9-12,18-19,22,30H,4-6,8,13,15-16H2,1-3H3/t18-,19+,22?/m0/s1. The van der Waals surface area contributed by atoms with Gasteiger partial charge in [-0.15, -0.1) is 0 Å². The number of halogens is 3. The molecule has 174 valence electrons. The minimum absolute atomic E-state index is 0.0493. The fraction of sp³-hybridized carbons (Fsp3) is 0.583. The molecule has 3 atom stereocenters. The molecule has 0 radical (unpaired) electrons. The van der Waals surface area contributed by atoms with Crippen LogP contribution in [-0.2, 0) is 0 Å². The topological polar surface area (TPSA) is 55.2 Å². The number of rotatable bonds is 8. The fourth-order valence-electron chi connectivity index (χ4n) is 4.76. The van der Waals surface area contributed by atoms with Crippen molar-refractivity contribution in [3.8, 4) is 6.07 Å². The summed E-state index contributed by atoms with van der Waals surface area (Å²) in [6.07, 6.45) is -0.709. The van der Waals surface area contributed by atoms with Crippen LogP contribution in [-0.4, -0.2) is 54.4 Å². The Balaban J connectivity index is 1.95. The van der Waals surface area contributed by atoms with E-state index in [1.807, 2.05) is 11.0 Å². The smallest absolute Gasteiger partial charge is 0.369 e. The van der Waals surface area contributed by atoms with Crippen molar-refractivity contribution in [1.82, 2.24) is 15.2 Å². The van der Waals surface area contributed by atoms with Gasteiger partial charge in [0, 0.05) is 36.4 Å². The van der Waals surface area contributed by atoms with Crippen LogP contribution in [0.3, 0.4) is 0 Å². The highest BCUT2D eigenvalue weighted by molar-refractivity contribution is 5.95. The molecule has 1 aliphatic rings. The lowest BCUT2D eigenvalue weighted by molar-refractivity contribution is -0.178. The van der Waals surface area contributed by atoms with Crippen molar-refractivity contribution in [2.75, 3.05) is 31.1 Å². The first kappa shape index (κ1) is 24.3. The summed E-state index contributed by atoms with van der Waals surface area (Å²) >= 11 is 0. The van der Waals surface area contributed by atoms with Gasteiger partial charge in [0.15, 0.2) is 0 Å². The highest BCUT2D eigenvalue weighted by atomic mass is 19.4. The van der Waals surface area contributed by atoms with Gasteiger partial charge in [0.05, 0.1) is 23.2 Å². The van der Waals surface area contributed by atoms with Crippen LogP contribution in [0.5, 0.6) is 0 Å². The van der Waals surface area contributed by atoms with E-state index in [0.717, 1.165) is 25.9 Å². The Morgan fingerprint density at radius 3 is 2.59 bits per heavy atom. The van der Waals surface area contributed by atoms with Gasteiger partial charge in [-0.05, 0) is 50.2 Å². The summed E-state index contributed by atoms with van der Waals surface area (Å²) in [7, 11) is 0. The zero-order valence-corrected chi connectivity index (χ0v) is 19.0. The number of nitrogens with zero attached hydrogens (tertiary/aromatic N) is 4. The lowest BCUT2D eigenvalue weighted by Crippen LogP contribution is -2.58. The molecule has 1 saturated heterocycles. The number of fused-ring (bicyclic) bond motifs is 1. The number of alkyl halides is 3. The van der Waals surface area contributed by atoms with Crippen molar-refractivity contribution in [3.63, 3.8) is 0 Å². The predicted molar refractivity (Wildman–Crippen MR) is 121 cm³/mol. The second-order valence-electron chi connectivity index (χ2n) is 8.41. The van der Waals surface area contributed by atoms with Crippen LogP contribution in [0.4, 0.5) is 18.9 Å². The molecule has 1 unspecified atom stereocenters. The quantitative estimate of drug-likeness (QED) is 0.582. The van der Waals surface area contributed by atoms with Gasteiger partial charge in [-0.1, -0.05) is 27.2 Å². The minimum atomic E-state index is -4.27. The first-order valence-electron chi connectivity index (χ1n) is 11.4. The first-order chi connectivity index (χ1) is 15.3. The van der Waals surface area contributed by atoms with Gasteiger partial charge in [-0.2, -0.15) is 18.4 Å². The van der Waals surface area contributed by atoms with E-state index < -0.39 is 12.1 Å². The van der Waals surface area contributed by atoms with E-state index in [1.165, 1.54) is 0 Å². The third-order valence-corrected chi connectivity index (χ3v) is 6.36. The molecule has 8 heteroatoms. The number of aromatic nitrogens is 1. The number of benzene rings is 1. The molecule has 5 nitrogen and oxygen atoms in total. The predicted octanol–water partition coefficient (Wildman–Crippen LogP) is 4.92. The van der Waals surface area contributed by atoms with E-state index in [1.54, 1.807) is 24.4 Å². The van der Waals surface area contributed by atoms with Crippen LogP contribution in [0.25, 0.3) is 10.9 Å². The van der Waals surface area contributed by atoms with Crippen LogP contribution < -0.4 is 10.2 Å². The zero-order chi connectivity index (χ0) is 23.3. The molecule has 3 rings (SSSR count). The SMILES string of the molecule is CCCC(N[C@@H]1C[C@H](C(F)(F)F)CN(c2ccc(C#N)c3ncccc23)C1)N(CC)CC. The average molecular weight is 448 g/mol. The number of anilines is 1. The van der Waals surface area contributed by atoms with E-state index in [0.29, 0.717) is 28.7 Å². The van der Waals surface area contributed by atoms with Gasteiger partial charge in [-0.25, -0.2) is 0 Å². The van der Waals surface area contributed by atoms with Gasteiger partial charge in [0.2, 0.25) is 0 Å². The molecule has 0 aliphatic carbocycles. The highest BCUT2D eigenvalue weighted by Crippen LogP contribution is 2.37. The van der Waals surface area contributed by atoms with Crippen molar-refractivity contribution < 1.29 is 13.2 Å². The lowest BCUT2D eigenvalue weighted by Gasteiger charge is -2.43. The number of pyridine rings is 1. The molecular formula is C24H32F3N5. The van der Waals surface area contributed by atoms with Gasteiger partial charge < -0.3 is 4.90 Å².